The van der Waals surface area contributed by atoms with E-state index in [4.69, 9.17) is 22.6 Å². The molecule has 0 aromatic carbocycles. The second-order valence-corrected chi connectivity index (χ2v) is 4.23. The summed E-state index contributed by atoms with van der Waals surface area (Å²) in [5.41, 5.74) is 5.55. The van der Waals surface area contributed by atoms with Crippen molar-refractivity contribution in [2.75, 3.05) is 18.0 Å². The van der Waals surface area contributed by atoms with Crippen LogP contribution in [-0.2, 0) is 4.79 Å². The van der Waals surface area contributed by atoms with Crippen LogP contribution in [0.4, 0.5) is 5.82 Å². The zero-order chi connectivity index (χ0) is 13.5. The molecule has 0 fully saturated rings. The molecule has 0 aliphatic heterocycles. The van der Waals surface area contributed by atoms with E-state index in [1.165, 1.54) is 12.3 Å². The average molecular weight is 267 g/mol. The van der Waals surface area contributed by atoms with Crippen molar-refractivity contribution in [1.82, 2.24) is 4.98 Å². The van der Waals surface area contributed by atoms with Crippen molar-refractivity contribution in [2.24, 2.45) is 5.73 Å². The van der Waals surface area contributed by atoms with Gasteiger partial charge in [-0.1, -0.05) is 24.9 Å². The number of amides is 1. The lowest BCUT2D eigenvalue weighted by Crippen LogP contribution is -2.35. The molecule has 5 nitrogen and oxygen atoms in total. The minimum absolute atomic E-state index is 0.0433. The van der Waals surface area contributed by atoms with Crippen molar-refractivity contribution in [3.8, 4) is 6.07 Å². The summed E-state index contributed by atoms with van der Waals surface area (Å²) in [4.78, 5) is 16.9. The number of hydrogen-bond donors (Lipinski definition) is 1. The van der Waals surface area contributed by atoms with Gasteiger partial charge in [0, 0.05) is 12.7 Å². The average Bonchev–Trinajstić information content (AvgIpc) is 2.34. The van der Waals surface area contributed by atoms with Gasteiger partial charge in [0.25, 0.3) is 0 Å². The topological polar surface area (TPSA) is 83.0 Å². The number of aromatic nitrogens is 1. The Bertz CT molecular complexity index is 470. The zero-order valence-corrected chi connectivity index (χ0v) is 10.9. The number of carbonyl (C=O) groups excluding carboxylic acids is 1. The number of nitrogens with two attached hydrogens (primary N) is 1. The molecule has 0 radical (unpaired) electrons. The molecule has 1 heterocycles. The van der Waals surface area contributed by atoms with Crippen LogP contribution < -0.4 is 10.6 Å². The minimum atomic E-state index is -0.452. The van der Waals surface area contributed by atoms with Gasteiger partial charge < -0.3 is 10.6 Å². The van der Waals surface area contributed by atoms with Crippen LogP contribution in [0.2, 0.25) is 5.02 Å². The normalized spacial score (nSPS) is 9.83. The van der Waals surface area contributed by atoms with Crippen molar-refractivity contribution in [3.05, 3.63) is 22.8 Å². The maximum absolute atomic E-state index is 11.1. The first-order chi connectivity index (χ1) is 8.60. The molecule has 1 aromatic rings. The van der Waals surface area contributed by atoms with Gasteiger partial charge in [-0.15, -0.1) is 0 Å². The molecule has 6 heteroatoms. The highest BCUT2D eigenvalue weighted by molar-refractivity contribution is 6.34. The Morgan fingerprint density at radius 1 is 1.67 bits per heavy atom. The van der Waals surface area contributed by atoms with Crippen molar-refractivity contribution in [3.63, 3.8) is 0 Å². The van der Waals surface area contributed by atoms with Crippen LogP contribution >= 0.6 is 11.6 Å². The fourth-order valence-corrected chi connectivity index (χ4v) is 1.81. The Hall–Kier alpha value is -1.80. The van der Waals surface area contributed by atoms with Gasteiger partial charge in [-0.25, -0.2) is 4.98 Å². The molecule has 0 bridgehead atoms. The fourth-order valence-electron chi connectivity index (χ4n) is 1.54. The van der Waals surface area contributed by atoms with Crippen LogP contribution in [0.25, 0.3) is 0 Å². The smallest absolute Gasteiger partial charge is 0.236 e. The molecular formula is C12H15ClN4O. The maximum Gasteiger partial charge on any atom is 0.236 e. The molecular weight excluding hydrogens is 252 g/mol. The number of nitrogens with zero attached hydrogens (tertiary/aromatic N) is 3. The van der Waals surface area contributed by atoms with E-state index in [1.807, 2.05) is 13.0 Å². The van der Waals surface area contributed by atoms with Crippen molar-refractivity contribution >= 4 is 23.3 Å². The van der Waals surface area contributed by atoms with Crippen LogP contribution in [-0.4, -0.2) is 24.0 Å². The molecule has 1 aromatic heterocycles. The molecule has 0 unspecified atom stereocenters. The van der Waals surface area contributed by atoms with Gasteiger partial charge >= 0.3 is 0 Å². The van der Waals surface area contributed by atoms with Gasteiger partial charge in [0.2, 0.25) is 5.91 Å². The Labute approximate surface area is 111 Å². The number of carbonyl (C=O) groups is 1. The summed E-state index contributed by atoms with van der Waals surface area (Å²) in [5.74, 6) is -0.0192. The van der Waals surface area contributed by atoms with E-state index < -0.39 is 5.91 Å². The number of primary amides is 1. The molecule has 0 saturated heterocycles. The van der Waals surface area contributed by atoms with Gasteiger partial charge in [-0.2, -0.15) is 5.26 Å². The van der Waals surface area contributed by atoms with Crippen molar-refractivity contribution in [2.45, 2.75) is 19.8 Å². The summed E-state index contributed by atoms with van der Waals surface area (Å²) in [5, 5.41) is 9.17. The molecule has 1 rings (SSSR count). The number of nitriles is 1. The van der Waals surface area contributed by atoms with E-state index in [0.29, 0.717) is 17.9 Å². The molecule has 0 spiro atoms. The molecule has 2 N–H and O–H groups in total. The van der Waals surface area contributed by atoms with Gasteiger partial charge in [0.1, 0.15) is 16.9 Å². The summed E-state index contributed by atoms with van der Waals surface area (Å²) < 4.78 is 0. The van der Waals surface area contributed by atoms with E-state index in [1.54, 1.807) is 4.90 Å². The van der Waals surface area contributed by atoms with Crippen molar-refractivity contribution < 1.29 is 4.79 Å². The quantitative estimate of drug-likeness (QED) is 0.849. The summed E-state index contributed by atoms with van der Waals surface area (Å²) in [6, 6.07) is 3.52. The first-order valence-corrected chi connectivity index (χ1v) is 6.05. The van der Waals surface area contributed by atoms with Gasteiger partial charge in [-0.05, 0) is 12.5 Å². The van der Waals surface area contributed by atoms with E-state index in [0.717, 1.165) is 12.8 Å². The third kappa shape index (κ3) is 3.60. The van der Waals surface area contributed by atoms with Crippen LogP contribution in [0, 0.1) is 11.3 Å². The minimum Gasteiger partial charge on any atom is -0.368 e. The van der Waals surface area contributed by atoms with E-state index in [9.17, 15) is 4.79 Å². The van der Waals surface area contributed by atoms with Crippen LogP contribution in [0.15, 0.2) is 12.3 Å². The van der Waals surface area contributed by atoms with Crippen LogP contribution in [0.1, 0.15) is 25.3 Å². The lowest BCUT2D eigenvalue weighted by atomic mass is 10.2. The molecule has 96 valence electrons. The predicted octanol–water partition coefficient (Wildman–Crippen LogP) is 1.70. The van der Waals surface area contributed by atoms with Gasteiger partial charge in [-0.3, -0.25) is 4.79 Å². The molecule has 1 amide bonds. The molecule has 0 atom stereocenters. The summed E-state index contributed by atoms with van der Waals surface area (Å²) >= 11 is 6.09. The van der Waals surface area contributed by atoms with E-state index in [2.05, 4.69) is 4.98 Å². The Morgan fingerprint density at radius 3 is 2.94 bits per heavy atom. The Balaban J connectivity index is 3.04. The third-order valence-electron chi connectivity index (χ3n) is 2.42. The first-order valence-electron chi connectivity index (χ1n) is 5.68. The lowest BCUT2D eigenvalue weighted by Gasteiger charge is -2.23. The van der Waals surface area contributed by atoms with Crippen LogP contribution in [0.5, 0.6) is 0 Å². The Morgan fingerprint density at radius 2 is 2.39 bits per heavy atom. The van der Waals surface area contributed by atoms with E-state index >= 15 is 0 Å². The number of unbranched alkanes of at least 4 members (excludes halogenated alkanes) is 1. The van der Waals surface area contributed by atoms with Gasteiger partial charge in [0.15, 0.2) is 0 Å². The Kier molecular flexibility index (Phi) is 5.40. The van der Waals surface area contributed by atoms with E-state index in [-0.39, 0.29) is 11.6 Å². The highest BCUT2D eigenvalue weighted by Crippen LogP contribution is 2.26. The largest absolute Gasteiger partial charge is 0.368 e. The molecule has 0 saturated carbocycles. The molecule has 18 heavy (non-hydrogen) atoms. The predicted molar refractivity (Wildman–Crippen MR) is 70.3 cm³/mol. The summed E-state index contributed by atoms with van der Waals surface area (Å²) in [6.07, 6.45) is 3.37. The van der Waals surface area contributed by atoms with Crippen molar-refractivity contribution in [1.29, 1.82) is 5.26 Å². The number of rotatable bonds is 6. The highest BCUT2D eigenvalue weighted by atomic mass is 35.5. The number of anilines is 1. The lowest BCUT2D eigenvalue weighted by molar-refractivity contribution is -0.116. The monoisotopic (exact) mass is 266 g/mol. The van der Waals surface area contributed by atoms with Gasteiger partial charge in [0.05, 0.1) is 12.1 Å². The maximum atomic E-state index is 11.1. The highest BCUT2D eigenvalue weighted by Gasteiger charge is 2.16. The SMILES string of the molecule is CCCCN(CC(N)=O)c1nccc(C#N)c1Cl. The third-order valence-corrected chi connectivity index (χ3v) is 2.79. The number of hydrogen-bond acceptors (Lipinski definition) is 4. The fraction of sp³-hybridized carbons (Fsp3) is 0.417. The standard InChI is InChI=1S/C12H15ClN4O/c1-2-3-6-17(8-10(15)18)12-11(13)9(7-14)4-5-16-12/h4-5H,2-3,6,8H2,1H3,(H2,15,18). The molecule has 0 aliphatic carbocycles. The summed E-state index contributed by atoms with van der Waals surface area (Å²) in [7, 11) is 0. The first kappa shape index (κ1) is 14.3. The molecule has 0 aliphatic rings. The summed E-state index contributed by atoms with van der Waals surface area (Å²) in [6.45, 7) is 2.71. The number of halogens is 1. The second kappa shape index (κ2) is 6.82. The number of pyridine rings is 1. The van der Waals surface area contributed by atoms with Crippen LogP contribution in [0.3, 0.4) is 0 Å². The zero-order valence-electron chi connectivity index (χ0n) is 10.2. The second-order valence-electron chi connectivity index (χ2n) is 3.85.